The van der Waals surface area contributed by atoms with E-state index in [0.717, 1.165) is 27.4 Å². The van der Waals surface area contributed by atoms with E-state index >= 15 is 0 Å². The Bertz CT molecular complexity index is 960. The molecule has 0 aliphatic carbocycles. The van der Waals surface area contributed by atoms with Crippen molar-refractivity contribution in [1.82, 2.24) is 4.90 Å². The van der Waals surface area contributed by atoms with Gasteiger partial charge in [0, 0.05) is 11.0 Å². The summed E-state index contributed by atoms with van der Waals surface area (Å²) < 4.78 is 13.5. The van der Waals surface area contributed by atoms with Gasteiger partial charge in [0.15, 0.2) is 11.5 Å². The molecule has 2 amide bonds. The van der Waals surface area contributed by atoms with Crippen LogP contribution in [0.25, 0.3) is 6.08 Å². The summed E-state index contributed by atoms with van der Waals surface area (Å²) in [5.74, 6) is 0.890. The molecule has 5 nitrogen and oxygen atoms in total. The highest BCUT2D eigenvalue weighted by molar-refractivity contribution is 9.10. The standard InChI is InChI=1S/C21H19Br2NO4S/c1-3-24-20(25)18(29-21(24)26)11-14-9-16(23)19(17(10-14)27-4-2)28-12-13-5-7-15(22)8-6-13/h5-11H,3-4,12H2,1-2H3/b18-11+. The molecule has 8 heteroatoms. The number of rotatable bonds is 7. The predicted octanol–water partition coefficient (Wildman–Crippen LogP) is 6.25. The van der Waals surface area contributed by atoms with Gasteiger partial charge in [-0.15, -0.1) is 0 Å². The number of benzene rings is 2. The quantitative estimate of drug-likeness (QED) is 0.389. The molecule has 2 aromatic carbocycles. The first-order valence-electron chi connectivity index (χ1n) is 9.01. The molecule has 1 saturated heterocycles. The Morgan fingerprint density at radius 2 is 1.79 bits per heavy atom. The molecule has 0 spiro atoms. The fourth-order valence-corrected chi connectivity index (χ4v) is 4.48. The molecule has 1 heterocycles. The van der Waals surface area contributed by atoms with Gasteiger partial charge in [-0.2, -0.15) is 0 Å². The van der Waals surface area contributed by atoms with E-state index in [9.17, 15) is 9.59 Å². The van der Waals surface area contributed by atoms with E-state index in [1.807, 2.05) is 43.3 Å². The average molecular weight is 541 g/mol. The molecule has 0 atom stereocenters. The van der Waals surface area contributed by atoms with Crippen LogP contribution in [-0.4, -0.2) is 29.2 Å². The fourth-order valence-electron chi connectivity index (χ4n) is 2.73. The normalized spacial score (nSPS) is 15.3. The van der Waals surface area contributed by atoms with Crippen LogP contribution in [0.3, 0.4) is 0 Å². The van der Waals surface area contributed by atoms with Gasteiger partial charge in [-0.1, -0.05) is 28.1 Å². The maximum atomic E-state index is 12.3. The average Bonchev–Trinajstić information content (AvgIpc) is 2.95. The molecule has 0 aromatic heterocycles. The SMILES string of the molecule is CCOc1cc(/C=C2/SC(=O)N(CC)C2=O)cc(Br)c1OCc1ccc(Br)cc1. The van der Waals surface area contributed by atoms with E-state index in [-0.39, 0.29) is 11.1 Å². The number of carbonyl (C=O) groups is 2. The lowest BCUT2D eigenvalue weighted by Gasteiger charge is -2.15. The molecule has 3 rings (SSSR count). The Morgan fingerprint density at radius 3 is 2.41 bits per heavy atom. The minimum absolute atomic E-state index is 0.248. The molecule has 1 aliphatic rings. The van der Waals surface area contributed by atoms with Crippen molar-refractivity contribution in [1.29, 1.82) is 0 Å². The molecular weight excluding hydrogens is 522 g/mol. The Morgan fingerprint density at radius 1 is 1.07 bits per heavy atom. The van der Waals surface area contributed by atoms with E-state index in [4.69, 9.17) is 9.47 Å². The summed E-state index contributed by atoms with van der Waals surface area (Å²) in [5.41, 5.74) is 1.78. The number of hydrogen-bond donors (Lipinski definition) is 0. The lowest BCUT2D eigenvalue weighted by molar-refractivity contribution is -0.122. The lowest BCUT2D eigenvalue weighted by Crippen LogP contribution is -2.27. The van der Waals surface area contributed by atoms with Crippen LogP contribution in [0, 0.1) is 0 Å². The summed E-state index contributed by atoms with van der Waals surface area (Å²) in [4.78, 5) is 25.9. The third-order valence-corrected chi connectivity index (χ3v) is 6.14. The number of thioether (sulfide) groups is 1. The number of imide groups is 1. The number of amides is 2. The van der Waals surface area contributed by atoms with Crippen molar-refractivity contribution in [2.24, 2.45) is 0 Å². The molecule has 0 unspecified atom stereocenters. The smallest absolute Gasteiger partial charge is 0.293 e. The highest BCUT2D eigenvalue weighted by Crippen LogP contribution is 2.39. The van der Waals surface area contributed by atoms with E-state index in [1.54, 1.807) is 13.0 Å². The monoisotopic (exact) mass is 539 g/mol. The number of carbonyl (C=O) groups excluding carboxylic acids is 2. The molecule has 0 saturated carbocycles. The molecule has 152 valence electrons. The van der Waals surface area contributed by atoms with Crippen LogP contribution in [0.15, 0.2) is 50.2 Å². The third-order valence-electron chi connectivity index (χ3n) is 4.12. The number of hydrogen-bond acceptors (Lipinski definition) is 5. The summed E-state index contributed by atoms with van der Waals surface area (Å²) in [6, 6.07) is 11.5. The van der Waals surface area contributed by atoms with Gasteiger partial charge in [0.05, 0.1) is 16.0 Å². The number of nitrogens with zero attached hydrogens (tertiary/aromatic N) is 1. The molecule has 0 radical (unpaired) electrons. The Kier molecular flexibility index (Phi) is 7.43. The predicted molar refractivity (Wildman–Crippen MR) is 122 cm³/mol. The van der Waals surface area contributed by atoms with Crippen LogP contribution in [0.1, 0.15) is 25.0 Å². The zero-order chi connectivity index (χ0) is 21.0. The van der Waals surface area contributed by atoms with Gasteiger partial charge in [0.2, 0.25) is 0 Å². The van der Waals surface area contributed by atoms with E-state index in [2.05, 4.69) is 31.9 Å². The van der Waals surface area contributed by atoms with Crippen molar-refractivity contribution in [3.8, 4) is 11.5 Å². The first-order valence-corrected chi connectivity index (χ1v) is 11.4. The minimum Gasteiger partial charge on any atom is -0.490 e. The van der Waals surface area contributed by atoms with Crippen molar-refractivity contribution in [3.63, 3.8) is 0 Å². The second-order valence-corrected chi connectivity index (χ2v) is 8.87. The maximum Gasteiger partial charge on any atom is 0.293 e. The number of ether oxygens (including phenoxy) is 2. The first-order chi connectivity index (χ1) is 13.9. The van der Waals surface area contributed by atoms with E-state index in [1.165, 1.54) is 4.90 Å². The van der Waals surface area contributed by atoms with Gasteiger partial charge in [-0.25, -0.2) is 0 Å². The fraction of sp³-hybridized carbons (Fsp3) is 0.238. The number of halogens is 2. The second kappa shape index (κ2) is 9.82. The molecule has 0 N–H and O–H groups in total. The van der Waals surface area contributed by atoms with Crippen LogP contribution in [0.2, 0.25) is 0 Å². The minimum atomic E-state index is -0.271. The summed E-state index contributed by atoms with van der Waals surface area (Å²) >= 11 is 7.91. The van der Waals surface area contributed by atoms with Crippen LogP contribution < -0.4 is 9.47 Å². The van der Waals surface area contributed by atoms with Gasteiger partial charge in [0.1, 0.15) is 6.61 Å². The summed E-state index contributed by atoms with van der Waals surface area (Å²) in [5, 5.41) is -0.248. The number of likely N-dealkylation sites (N-methyl/N-ethyl adjacent to an activating group) is 1. The topological polar surface area (TPSA) is 55.8 Å². The van der Waals surface area contributed by atoms with Crippen LogP contribution in [0.5, 0.6) is 11.5 Å². The molecule has 29 heavy (non-hydrogen) atoms. The van der Waals surface area contributed by atoms with Crippen LogP contribution in [0.4, 0.5) is 4.79 Å². The second-order valence-electron chi connectivity index (χ2n) is 6.10. The lowest BCUT2D eigenvalue weighted by atomic mass is 10.1. The van der Waals surface area contributed by atoms with Gasteiger partial charge in [-0.3, -0.25) is 14.5 Å². The third kappa shape index (κ3) is 5.24. The van der Waals surface area contributed by atoms with Gasteiger partial charge < -0.3 is 9.47 Å². The largest absolute Gasteiger partial charge is 0.490 e. The zero-order valence-electron chi connectivity index (χ0n) is 15.9. The van der Waals surface area contributed by atoms with Crippen LogP contribution in [-0.2, 0) is 11.4 Å². The van der Waals surface area contributed by atoms with Crippen molar-refractivity contribution >= 4 is 60.8 Å². The Hall–Kier alpha value is -1.77. The van der Waals surface area contributed by atoms with E-state index in [0.29, 0.717) is 40.6 Å². The van der Waals surface area contributed by atoms with Crippen molar-refractivity contribution in [3.05, 3.63) is 61.4 Å². The van der Waals surface area contributed by atoms with Crippen molar-refractivity contribution in [2.45, 2.75) is 20.5 Å². The molecule has 1 fully saturated rings. The Labute approximate surface area is 190 Å². The molecular formula is C21H19Br2NO4S. The van der Waals surface area contributed by atoms with Crippen LogP contribution >= 0.6 is 43.6 Å². The highest BCUT2D eigenvalue weighted by atomic mass is 79.9. The van der Waals surface area contributed by atoms with E-state index < -0.39 is 0 Å². The summed E-state index contributed by atoms with van der Waals surface area (Å²) in [7, 11) is 0. The molecule has 1 aliphatic heterocycles. The van der Waals surface area contributed by atoms with Gasteiger partial charge >= 0.3 is 0 Å². The maximum absolute atomic E-state index is 12.3. The summed E-state index contributed by atoms with van der Waals surface area (Å²) in [6.45, 7) is 4.89. The van der Waals surface area contributed by atoms with Gasteiger partial charge in [-0.05, 0) is 83.0 Å². The van der Waals surface area contributed by atoms with Crippen molar-refractivity contribution < 1.29 is 19.1 Å². The highest BCUT2D eigenvalue weighted by Gasteiger charge is 2.33. The van der Waals surface area contributed by atoms with Gasteiger partial charge in [0.25, 0.3) is 11.1 Å². The Balaban J connectivity index is 1.86. The van der Waals surface area contributed by atoms with Crippen molar-refractivity contribution in [2.75, 3.05) is 13.2 Å². The molecule has 0 bridgehead atoms. The first kappa shape index (κ1) is 21.9. The summed E-state index contributed by atoms with van der Waals surface area (Å²) in [6.07, 6.45) is 1.70. The molecule has 2 aromatic rings. The zero-order valence-corrected chi connectivity index (χ0v) is 19.9.